The van der Waals surface area contributed by atoms with Crippen LogP contribution in [0, 0.1) is 11.6 Å². The third-order valence-corrected chi connectivity index (χ3v) is 2.03. The molecule has 4 N–H and O–H groups in total. The van der Waals surface area contributed by atoms with Crippen LogP contribution in [0.15, 0.2) is 23.2 Å². The van der Waals surface area contributed by atoms with Gasteiger partial charge in [0.05, 0.1) is 5.69 Å². The van der Waals surface area contributed by atoms with E-state index in [1.807, 2.05) is 13.8 Å². The Morgan fingerprint density at radius 3 is 2.65 bits per heavy atom. The van der Waals surface area contributed by atoms with Crippen LogP contribution in [0.25, 0.3) is 0 Å². The molecule has 0 atom stereocenters. The predicted molar refractivity (Wildman–Crippen MR) is 85.2 cm³/mol. The molecule has 1 rings (SSSR count). The molecule has 0 unspecified atom stereocenters. The number of hydrogen-bond donors (Lipinski definition) is 3. The fourth-order valence-corrected chi connectivity index (χ4v) is 1.30. The number of hydrogen-bond acceptors (Lipinski definition) is 2. The molecule has 0 spiro atoms. The van der Waals surface area contributed by atoms with Crippen LogP contribution in [0.4, 0.5) is 14.5 Å². The van der Waals surface area contributed by atoms with Gasteiger partial charge < -0.3 is 16.4 Å². The van der Waals surface area contributed by atoms with Gasteiger partial charge in [-0.3, -0.25) is 4.79 Å². The van der Waals surface area contributed by atoms with Crippen molar-refractivity contribution in [3.05, 3.63) is 29.8 Å². The third kappa shape index (κ3) is 6.64. The average Bonchev–Trinajstić information content (AvgIpc) is 2.30. The standard InChI is InChI=1S/C12H16F2N4O.HI/c1-7(2)17-11(19)6-16-12(15)18-10-5-8(13)3-4-9(10)14;/h3-5,7H,6H2,1-2H3,(H,17,19)(H3,15,16,18);1H. The van der Waals surface area contributed by atoms with Gasteiger partial charge in [-0.2, -0.15) is 0 Å². The third-order valence-electron chi connectivity index (χ3n) is 2.03. The average molecular weight is 398 g/mol. The van der Waals surface area contributed by atoms with Crippen molar-refractivity contribution in [3.8, 4) is 0 Å². The quantitative estimate of drug-likeness (QED) is 0.412. The summed E-state index contributed by atoms with van der Waals surface area (Å²) >= 11 is 0. The molecule has 112 valence electrons. The summed E-state index contributed by atoms with van der Waals surface area (Å²) in [5.41, 5.74) is 5.34. The van der Waals surface area contributed by atoms with Crippen LogP contribution in [0.3, 0.4) is 0 Å². The molecule has 0 radical (unpaired) electrons. The zero-order chi connectivity index (χ0) is 14.4. The molecule has 8 heteroatoms. The van der Waals surface area contributed by atoms with Crippen molar-refractivity contribution in [2.75, 3.05) is 11.9 Å². The first kappa shape index (κ1) is 18.6. The molecule has 0 saturated carbocycles. The Kier molecular flexibility index (Phi) is 8.04. The number of anilines is 1. The van der Waals surface area contributed by atoms with Gasteiger partial charge in [0.25, 0.3) is 0 Å². The molecule has 0 aliphatic heterocycles. The highest BCUT2D eigenvalue weighted by molar-refractivity contribution is 14.0. The van der Waals surface area contributed by atoms with E-state index in [4.69, 9.17) is 5.73 Å². The fourth-order valence-electron chi connectivity index (χ4n) is 1.30. The van der Waals surface area contributed by atoms with Gasteiger partial charge >= 0.3 is 0 Å². The summed E-state index contributed by atoms with van der Waals surface area (Å²) < 4.78 is 26.2. The van der Waals surface area contributed by atoms with E-state index in [-0.39, 0.29) is 54.1 Å². The maximum atomic E-state index is 13.3. The van der Waals surface area contributed by atoms with Crippen LogP contribution in [0.2, 0.25) is 0 Å². The number of rotatable bonds is 4. The molecule has 0 heterocycles. The monoisotopic (exact) mass is 398 g/mol. The van der Waals surface area contributed by atoms with Crippen molar-refractivity contribution in [3.63, 3.8) is 0 Å². The molecule has 0 fully saturated rings. The zero-order valence-electron chi connectivity index (χ0n) is 11.1. The number of nitrogens with zero attached hydrogens (tertiary/aromatic N) is 1. The van der Waals surface area contributed by atoms with Crippen molar-refractivity contribution in [2.24, 2.45) is 10.7 Å². The number of nitrogens with one attached hydrogen (secondary N) is 2. The molecule has 1 aromatic rings. The van der Waals surface area contributed by atoms with Gasteiger partial charge in [0.15, 0.2) is 5.96 Å². The van der Waals surface area contributed by atoms with Crippen molar-refractivity contribution in [1.29, 1.82) is 0 Å². The number of carbonyl (C=O) groups excluding carboxylic acids is 1. The number of halogens is 3. The molecule has 0 saturated heterocycles. The number of carbonyl (C=O) groups is 1. The topological polar surface area (TPSA) is 79.5 Å². The summed E-state index contributed by atoms with van der Waals surface area (Å²) in [4.78, 5) is 15.0. The van der Waals surface area contributed by atoms with E-state index in [0.717, 1.165) is 18.2 Å². The van der Waals surface area contributed by atoms with Crippen molar-refractivity contribution in [1.82, 2.24) is 5.32 Å². The Hall–Kier alpha value is -1.45. The fraction of sp³-hybridized carbons (Fsp3) is 0.333. The van der Waals surface area contributed by atoms with Crippen LogP contribution >= 0.6 is 24.0 Å². The normalized spacial score (nSPS) is 10.9. The smallest absolute Gasteiger partial charge is 0.242 e. The Labute approximate surface area is 133 Å². The first-order valence-corrected chi connectivity index (χ1v) is 5.70. The summed E-state index contributed by atoms with van der Waals surface area (Å²) in [6.45, 7) is 3.44. The molecule has 0 aliphatic rings. The highest BCUT2D eigenvalue weighted by Gasteiger charge is 2.06. The van der Waals surface area contributed by atoms with Gasteiger partial charge in [-0.15, -0.1) is 24.0 Å². The molecule has 1 amide bonds. The lowest BCUT2D eigenvalue weighted by Gasteiger charge is -2.08. The van der Waals surface area contributed by atoms with E-state index in [1.54, 1.807) is 0 Å². The summed E-state index contributed by atoms with van der Waals surface area (Å²) in [6, 6.07) is 2.91. The Bertz CT molecular complexity index is 494. The second-order valence-corrected chi connectivity index (χ2v) is 4.17. The van der Waals surface area contributed by atoms with Crippen LogP contribution in [0.1, 0.15) is 13.8 Å². The number of aliphatic imine (C=N–C) groups is 1. The van der Waals surface area contributed by atoms with Crippen molar-refractivity contribution in [2.45, 2.75) is 19.9 Å². The molecule has 0 aliphatic carbocycles. The maximum absolute atomic E-state index is 13.3. The van der Waals surface area contributed by atoms with Crippen LogP contribution in [0.5, 0.6) is 0 Å². The van der Waals surface area contributed by atoms with E-state index < -0.39 is 11.6 Å². The summed E-state index contributed by atoms with van der Waals surface area (Å²) in [5.74, 6) is -1.73. The van der Waals surface area contributed by atoms with Gasteiger partial charge in [-0.05, 0) is 26.0 Å². The largest absolute Gasteiger partial charge is 0.370 e. The predicted octanol–water partition coefficient (Wildman–Crippen LogP) is 1.83. The lowest BCUT2D eigenvalue weighted by Crippen LogP contribution is -2.33. The van der Waals surface area contributed by atoms with E-state index in [9.17, 15) is 13.6 Å². The van der Waals surface area contributed by atoms with Crippen molar-refractivity contribution < 1.29 is 13.6 Å². The van der Waals surface area contributed by atoms with Gasteiger partial charge in [0, 0.05) is 12.1 Å². The first-order chi connectivity index (χ1) is 8.88. The maximum Gasteiger partial charge on any atom is 0.242 e. The van der Waals surface area contributed by atoms with E-state index in [0.29, 0.717) is 0 Å². The minimum Gasteiger partial charge on any atom is -0.370 e. The molecule has 1 aromatic carbocycles. The zero-order valence-corrected chi connectivity index (χ0v) is 13.4. The minimum atomic E-state index is -0.661. The molecular weight excluding hydrogens is 381 g/mol. The second-order valence-electron chi connectivity index (χ2n) is 4.17. The van der Waals surface area contributed by atoms with Crippen LogP contribution in [-0.4, -0.2) is 24.5 Å². The lowest BCUT2D eigenvalue weighted by molar-refractivity contribution is -0.120. The van der Waals surface area contributed by atoms with Crippen LogP contribution < -0.4 is 16.4 Å². The molecular formula is C12H17F2IN4O. The Balaban J connectivity index is 0.00000361. The Morgan fingerprint density at radius 1 is 1.40 bits per heavy atom. The number of guanidine groups is 1. The van der Waals surface area contributed by atoms with Crippen molar-refractivity contribution >= 4 is 41.5 Å². The summed E-state index contributed by atoms with van der Waals surface area (Å²) in [7, 11) is 0. The van der Waals surface area contributed by atoms with Gasteiger partial charge in [0.1, 0.15) is 18.2 Å². The van der Waals surface area contributed by atoms with E-state index >= 15 is 0 Å². The van der Waals surface area contributed by atoms with Gasteiger partial charge in [0.2, 0.25) is 5.91 Å². The van der Waals surface area contributed by atoms with Gasteiger partial charge in [-0.25, -0.2) is 13.8 Å². The van der Waals surface area contributed by atoms with Crippen LogP contribution in [-0.2, 0) is 4.79 Å². The Morgan fingerprint density at radius 2 is 2.05 bits per heavy atom. The number of amides is 1. The van der Waals surface area contributed by atoms with Gasteiger partial charge in [-0.1, -0.05) is 0 Å². The highest BCUT2D eigenvalue weighted by Crippen LogP contribution is 2.14. The summed E-state index contributed by atoms with van der Waals surface area (Å²) in [5, 5.41) is 5.01. The van der Waals surface area contributed by atoms with E-state index in [2.05, 4.69) is 15.6 Å². The molecule has 20 heavy (non-hydrogen) atoms. The lowest BCUT2D eigenvalue weighted by atomic mass is 10.3. The van der Waals surface area contributed by atoms with E-state index in [1.165, 1.54) is 0 Å². The molecule has 0 bridgehead atoms. The molecule has 5 nitrogen and oxygen atoms in total. The SMILES string of the molecule is CC(C)NC(=O)CN=C(N)Nc1cc(F)ccc1F.I. The number of benzene rings is 1. The second kappa shape index (κ2) is 8.67. The summed E-state index contributed by atoms with van der Waals surface area (Å²) in [6.07, 6.45) is 0. The molecule has 0 aromatic heterocycles. The highest BCUT2D eigenvalue weighted by atomic mass is 127. The minimum absolute atomic E-state index is 0. The first-order valence-electron chi connectivity index (χ1n) is 5.70. The number of nitrogens with two attached hydrogens (primary N) is 1.